The molecule has 5 N–H and O–H groups in total. The molecular weight excluding hydrogens is 180 g/mol. The van der Waals surface area contributed by atoms with Gasteiger partial charge in [0.1, 0.15) is 6.04 Å². The summed E-state index contributed by atoms with van der Waals surface area (Å²) in [7, 11) is 0. The van der Waals surface area contributed by atoms with Crippen LogP contribution in [0.15, 0.2) is 0 Å². The molecule has 0 aromatic heterocycles. The van der Waals surface area contributed by atoms with Crippen molar-refractivity contribution in [2.24, 2.45) is 17.4 Å². The third kappa shape index (κ3) is 5.19. The number of hydrogen-bond donors (Lipinski definition) is 3. The van der Waals surface area contributed by atoms with Crippen LogP contribution < -0.4 is 11.5 Å². The zero-order valence-electron chi connectivity index (χ0n) is 8.91. The Kier molecular flexibility index (Phi) is 7.42. The van der Waals surface area contributed by atoms with E-state index < -0.39 is 12.0 Å². The molecule has 2 unspecified atom stereocenters. The summed E-state index contributed by atoms with van der Waals surface area (Å²) in [5, 5.41) is 8.74. The monoisotopic (exact) mass is 202 g/mol. The first-order chi connectivity index (χ1) is 6.63. The van der Waals surface area contributed by atoms with Crippen molar-refractivity contribution in [1.29, 1.82) is 0 Å². The Morgan fingerprint density at radius 2 is 2.00 bits per heavy atom. The van der Waals surface area contributed by atoms with Crippen LogP contribution in [0.5, 0.6) is 0 Å². The smallest absolute Gasteiger partial charge is 0.320 e. The molecule has 0 aliphatic rings. The van der Waals surface area contributed by atoms with Gasteiger partial charge in [-0.15, -0.1) is 0 Å². The quantitative estimate of drug-likeness (QED) is 0.511. The lowest BCUT2D eigenvalue weighted by atomic mass is 9.91. The van der Waals surface area contributed by atoms with Crippen molar-refractivity contribution in [2.75, 3.05) is 6.54 Å². The van der Waals surface area contributed by atoms with Gasteiger partial charge in [-0.1, -0.05) is 26.2 Å². The summed E-state index contributed by atoms with van der Waals surface area (Å²) in [6, 6.07) is -0.710. The molecule has 0 amide bonds. The minimum atomic E-state index is -0.893. The average Bonchev–Trinajstić information content (AvgIpc) is 2.17. The second kappa shape index (κ2) is 7.76. The van der Waals surface area contributed by atoms with Crippen LogP contribution in [0.4, 0.5) is 0 Å². The van der Waals surface area contributed by atoms with E-state index in [9.17, 15) is 4.79 Å². The number of nitrogens with two attached hydrogens (primary N) is 2. The number of carboxylic acid groups (broad SMARTS) is 1. The van der Waals surface area contributed by atoms with Crippen LogP contribution in [0.2, 0.25) is 0 Å². The molecule has 0 aliphatic carbocycles. The fraction of sp³-hybridized carbons (Fsp3) is 0.900. The summed E-state index contributed by atoms with van der Waals surface area (Å²) >= 11 is 0. The summed E-state index contributed by atoms with van der Waals surface area (Å²) in [6.45, 7) is 2.69. The molecule has 84 valence electrons. The normalized spacial score (nSPS) is 15.1. The largest absolute Gasteiger partial charge is 0.480 e. The first-order valence-corrected chi connectivity index (χ1v) is 5.31. The van der Waals surface area contributed by atoms with Gasteiger partial charge in [0.15, 0.2) is 0 Å². The molecular formula is C10H22N2O2. The summed E-state index contributed by atoms with van der Waals surface area (Å²) in [6.07, 6.45) is 4.83. The maximum Gasteiger partial charge on any atom is 0.320 e. The van der Waals surface area contributed by atoms with Crippen molar-refractivity contribution < 1.29 is 9.90 Å². The Balaban J connectivity index is 3.73. The van der Waals surface area contributed by atoms with Crippen molar-refractivity contribution in [3.8, 4) is 0 Å². The van der Waals surface area contributed by atoms with Crippen LogP contribution in [0.1, 0.15) is 39.0 Å². The highest BCUT2D eigenvalue weighted by molar-refractivity contribution is 5.73. The summed E-state index contributed by atoms with van der Waals surface area (Å²) in [5.41, 5.74) is 10.9. The van der Waals surface area contributed by atoms with Gasteiger partial charge in [-0.25, -0.2) is 0 Å². The molecule has 0 aromatic rings. The van der Waals surface area contributed by atoms with Crippen LogP contribution in [0, 0.1) is 5.92 Å². The third-order valence-corrected chi connectivity index (χ3v) is 2.60. The lowest BCUT2D eigenvalue weighted by Crippen LogP contribution is -2.37. The summed E-state index contributed by atoms with van der Waals surface area (Å²) < 4.78 is 0. The lowest BCUT2D eigenvalue weighted by Gasteiger charge is -2.18. The molecule has 0 spiro atoms. The molecule has 0 bridgehead atoms. The molecule has 0 radical (unpaired) electrons. The SMILES string of the molecule is CCC(CCCCCN)C(N)C(=O)O. The minimum Gasteiger partial charge on any atom is -0.480 e. The Labute approximate surface area is 85.7 Å². The predicted molar refractivity (Wildman–Crippen MR) is 56.9 cm³/mol. The van der Waals surface area contributed by atoms with Crippen molar-refractivity contribution in [1.82, 2.24) is 0 Å². The van der Waals surface area contributed by atoms with Crippen molar-refractivity contribution in [3.05, 3.63) is 0 Å². The number of hydrogen-bond acceptors (Lipinski definition) is 3. The highest BCUT2D eigenvalue weighted by atomic mass is 16.4. The van der Waals surface area contributed by atoms with Gasteiger partial charge in [-0.2, -0.15) is 0 Å². The average molecular weight is 202 g/mol. The zero-order valence-corrected chi connectivity index (χ0v) is 8.91. The Bertz CT molecular complexity index is 162. The van der Waals surface area contributed by atoms with Gasteiger partial charge < -0.3 is 16.6 Å². The first kappa shape index (κ1) is 13.4. The maximum absolute atomic E-state index is 10.6. The molecule has 0 rings (SSSR count). The third-order valence-electron chi connectivity index (χ3n) is 2.60. The van der Waals surface area contributed by atoms with E-state index >= 15 is 0 Å². The van der Waals surface area contributed by atoms with E-state index in [1.165, 1.54) is 0 Å². The van der Waals surface area contributed by atoms with E-state index in [-0.39, 0.29) is 5.92 Å². The van der Waals surface area contributed by atoms with E-state index in [2.05, 4.69) is 0 Å². The Morgan fingerprint density at radius 3 is 2.43 bits per heavy atom. The number of aliphatic carboxylic acids is 1. The molecule has 14 heavy (non-hydrogen) atoms. The lowest BCUT2D eigenvalue weighted by molar-refractivity contribution is -0.140. The standard InChI is InChI=1S/C10H22N2O2/c1-2-8(9(12)10(13)14)6-4-3-5-7-11/h8-9H,2-7,11-12H2,1H3,(H,13,14). The van der Waals surface area contributed by atoms with Gasteiger partial charge in [0.25, 0.3) is 0 Å². The van der Waals surface area contributed by atoms with Gasteiger partial charge in [-0.3, -0.25) is 4.79 Å². The molecule has 0 fully saturated rings. The van der Waals surface area contributed by atoms with E-state index in [0.717, 1.165) is 32.1 Å². The van der Waals surface area contributed by atoms with Gasteiger partial charge in [0.2, 0.25) is 0 Å². The fourth-order valence-electron chi connectivity index (χ4n) is 1.57. The summed E-state index contributed by atoms with van der Waals surface area (Å²) in [5.74, 6) is -0.791. The highest BCUT2D eigenvalue weighted by Gasteiger charge is 2.21. The number of unbranched alkanes of at least 4 members (excludes halogenated alkanes) is 2. The van der Waals surface area contributed by atoms with Gasteiger partial charge in [0.05, 0.1) is 0 Å². The van der Waals surface area contributed by atoms with Crippen molar-refractivity contribution in [3.63, 3.8) is 0 Å². The van der Waals surface area contributed by atoms with Crippen LogP contribution in [0.3, 0.4) is 0 Å². The zero-order chi connectivity index (χ0) is 11.0. The first-order valence-electron chi connectivity index (χ1n) is 5.31. The van der Waals surface area contributed by atoms with Crippen LogP contribution >= 0.6 is 0 Å². The number of carboxylic acids is 1. The molecule has 4 nitrogen and oxygen atoms in total. The molecule has 0 aromatic carbocycles. The Morgan fingerprint density at radius 1 is 1.36 bits per heavy atom. The van der Waals surface area contributed by atoms with Crippen LogP contribution in [0.25, 0.3) is 0 Å². The van der Waals surface area contributed by atoms with Gasteiger partial charge in [0, 0.05) is 0 Å². The molecule has 0 saturated carbocycles. The molecule has 0 saturated heterocycles. The van der Waals surface area contributed by atoms with Gasteiger partial charge in [-0.05, 0) is 25.3 Å². The predicted octanol–water partition coefficient (Wildman–Crippen LogP) is 0.944. The van der Waals surface area contributed by atoms with E-state index in [1.807, 2.05) is 6.92 Å². The van der Waals surface area contributed by atoms with Gasteiger partial charge >= 0.3 is 5.97 Å². The van der Waals surface area contributed by atoms with Crippen molar-refractivity contribution >= 4 is 5.97 Å². The van der Waals surface area contributed by atoms with E-state index in [0.29, 0.717) is 6.54 Å². The minimum absolute atomic E-state index is 0.102. The Hall–Kier alpha value is -0.610. The topological polar surface area (TPSA) is 89.3 Å². The molecule has 2 atom stereocenters. The molecule has 0 heterocycles. The number of rotatable bonds is 8. The van der Waals surface area contributed by atoms with Crippen molar-refractivity contribution in [2.45, 2.75) is 45.1 Å². The second-order valence-corrected chi connectivity index (χ2v) is 3.67. The van der Waals surface area contributed by atoms with Crippen LogP contribution in [-0.2, 0) is 4.79 Å². The maximum atomic E-state index is 10.6. The fourth-order valence-corrected chi connectivity index (χ4v) is 1.57. The van der Waals surface area contributed by atoms with Crippen LogP contribution in [-0.4, -0.2) is 23.7 Å². The number of carbonyl (C=O) groups is 1. The highest BCUT2D eigenvalue weighted by Crippen LogP contribution is 2.16. The molecule has 0 aliphatic heterocycles. The molecule has 4 heteroatoms. The van der Waals surface area contributed by atoms with E-state index in [1.54, 1.807) is 0 Å². The second-order valence-electron chi connectivity index (χ2n) is 3.67. The van der Waals surface area contributed by atoms with E-state index in [4.69, 9.17) is 16.6 Å². The summed E-state index contributed by atoms with van der Waals surface area (Å²) in [4.78, 5) is 10.6.